The van der Waals surface area contributed by atoms with Crippen molar-refractivity contribution >= 4 is 11.6 Å². The first-order valence-electron chi connectivity index (χ1n) is 4.92. The Morgan fingerprint density at radius 3 is 3.00 bits per heavy atom. The second-order valence-electron chi connectivity index (χ2n) is 3.45. The van der Waals surface area contributed by atoms with Crippen molar-refractivity contribution in [2.75, 3.05) is 7.05 Å². The molecule has 0 saturated carbocycles. The Bertz CT molecular complexity index is 544. The van der Waals surface area contributed by atoms with E-state index in [4.69, 9.17) is 11.6 Å². The van der Waals surface area contributed by atoms with Crippen LogP contribution < -0.4 is 10.9 Å². The Hall–Kier alpha value is -1.52. The maximum Gasteiger partial charge on any atom is 0.275 e. The predicted molar refractivity (Wildman–Crippen MR) is 64.2 cm³/mol. The van der Waals surface area contributed by atoms with Crippen molar-refractivity contribution in [1.82, 2.24) is 15.1 Å². The number of hydrogen-bond donors (Lipinski definition) is 2. The molecule has 5 heteroatoms. The molecule has 1 aromatic carbocycles. The third-order valence-electron chi connectivity index (χ3n) is 2.28. The molecule has 0 bridgehead atoms. The fraction of sp³-hybridized carbons (Fsp3) is 0.182. The van der Waals surface area contributed by atoms with Crippen molar-refractivity contribution < 1.29 is 0 Å². The normalized spacial score (nSPS) is 10.6. The van der Waals surface area contributed by atoms with Gasteiger partial charge in [-0.3, -0.25) is 9.89 Å². The van der Waals surface area contributed by atoms with Gasteiger partial charge in [-0.05, 0) is 25.2 Å². The molecule has 4 nitrogen and oxygen atoms in total. The van der Waals surface area contributed by atoms with E-state index in [0.29, 0.717) is 17.1 Å². The molecule has 0 fully saturated rings. The van der Waals surface area contributed by atoms with Gasteiger partial charge >= 0.3 is 0 Å². The van der Waals surface area contributed by atoms with E-state index in [1.165, 1.54) is 4.68 Å². The fourth-order valence-electron chi connectivity index (χ4n) is 1.53. The highest BCUT2D eigenvalue weighted by Gasteiger charge is 2.06. The molecule has 16 heavy (non-hydrogen) atoms. The van der Waals surface area contributed by atoms with Gasteiger partial charge in [0.15, 0.2) is 0 Å². The summed E-state index contributed by atoms with van der Waals surface area (Å²) in [5.74, 6) is 0. The lowest BCUT2D eigenvalue weighted by Gasteiger charge is -2.01. The minimum Gasteiger partial charge on any atom is -0.315 e. The zero-order chi connectivity index (χ0) is 11.5. The van der Waals surface area contributed by atoms with Gasteiger partial charge in [-0.1, -0.05) is 17.7 Å². The van der Waals surface area contributed by atoms with E-state index >= 15 is 0 Å². The summed E-state index contributed by atoms with van der Waals surface area (Å²) in [6.45, 7) is 0.545. The van der Waals surface area contributed by atoms with E-state index in [0.717, 1.165) is 5.69 Å². The van der Waals surface area contributed by atoms with Crippen LogP contribution in [0, 0.1) is 0 Å². The van der Waals surface area contributed by atoms with E-state index in [-0.39, 0.29) is 5.56 Å². The van der Waals surface area contributed by atoms with Crippen LogP contribution in [0.4, 0.5) is 0 Å². The molecule has 0 aliphatic rings. The lowest BCUT2D eigenvalue weighted by Crippen LogP contribution is -2.20. The summed E-state index contributed by atoms with van der Waals surface area (Å²) in [6, 6.07) is 7.14. The summed E-state index contributed by atoms with van der Waals surface area (Å²) in [4.78, 5) is 11.9. The summed E-state index contributed by atoms with van der Waals surface area (Å²) >= 11 is 5.87. The third-order valence-corrected chi connectivity index (χ3v) is 2.51. The van der Waals surface area contributed by atoms with Gasteiger partial charge in [-0.25, -0.2) is 4.68 Å². The number of benzene rings is 1. The Kier molecular flexibility index (Phi) is 3.12. The highest BCUT2D eigenvalue weighted by Crippen LogP contribution is 2.12. The molecule has 1 aromatic heterocycles. The maximum atomic E-state index is 11.9. The summed E-state index contributed by atoms with van der Waals surface area (Å²) < 4.78 is 1.47. The van der Waals surface area contributed by atoms with E-state index in [1.54, 1.807) is 25.4 Å². The van der Waals surface area contributed by atoms with Gasteiger partial charge in [0, 0.05) is 17.8 Å². The second-order valence-corrected chi connectivity index (χ2v) is 3.89. The number of nitrogens with zero attached hydrogens (tertiary/aromatic N) is 1. The molecule has 0 saturated heterocycles. The average molecular weight is 238 g/mol. The molecule has 2 aromatic rings. The quantitative estimate of drug-likeness (QED) is 0.851. The molecule has 0 aliphatic heterocycles. The Morgan fingerprint density at radius 1 is 1.50 bits per heavy atom. The van der Waals surface area contributed by atoms with Gasteiger partial charge in [-0.2, -0.15) is 0 Å². The number of hydrogen-bond acceptors (Lipinski definition) is 2. The van der Waals surface area contributed by atoms with Crippen molar-refractivity contribution in [3.63, 3.8) is 0 Å². The minimum atomic E-state index is -0.0587. The van der Waals surface area contributed by atoms with Crippen LogP contribution in [-0.4, -0.2) is 16.8 Å². The molecule has 0 spiro atoms. The number of H-pyrrole nitrogens is 1. The van der Waals surface area contributed by atoms with Crippen LogP contribution in [0.3, 0.4) is 0 Å². The molecule has 2 rings (SSSR count). The Morgan fingerprint density at radius 2 is 2.31 bits per heavy atom. The summed E-state index contributed by atoms with van der Waals surface area (Å²) in [7, 11) is 1.80. The first-order chi connectivity index (χ1) is 7.72. The van der Waals surface area contributed by atoms with Crippen molar-refractivity contribution in [2.24, 2.45) is 0 Å². The number of nitrogens with one attached hydrogen (secondary N) is 2. The Labute approximate surface area is 97.8 Å². The van der Waals surface area contributed by atoms with Crippen LogP contribution in [0.15, 0.2) is 35.3 Å². The van der Waals surface area contributed by atoms with Crippen molar-refractivity contribution in [3.05, 3.63) is 51.4 Å². The lowest BCUT2D eigenvalue weighted by atomic mass is 10.3. The largest absolute Gasteiger partial charge is 0.315 e. The average Bonchev–Trinajstić information content (AvgIpc) is 2.61. The maximum absolute atomic E-state index is 11.9. The number of aromatic nitrogens is 2. The standard InChI is InChI=1S/C11H12ClN3O/c1-13-6-8-7-14-15(11(8)16)10-4-2-3-9(12)5-10/h2-5,7,13-14H,6H2,1H3. The van der Waals surface area contributed by atoms with Gasteiger partial charge in [0.05, 0.1) is 11.3 Å². The highest BCUT2D eigenvalue weighted by atomic mass is 35.5. The first kappa shape index (κ1) is 11.0. The first-order valence-corrected chi connectivity index (χ1v) is 5.30. The molecule has 2 N–H and O–H groups in total. The minimum absolute atomic E-state index is 0.0587. The van der Waals surface area contributed by atoms with E-state index in [2.05, 4.69) is 10.4 Å². The summed E-state index contributed by atoms with van der Waals surface area (Å²) in [6.07, 6.45) is 1.69. The SMILES string of the molecule is CNCc1c[nH]n(-c2cccc(Cl)c2)c1=O. The van der Waals surface area contributed by atoms with E-state index in [9.17, 15) is 4.79 Å². The number of aromatic amines is 1. The number of rotatable bonds is 3. The monoisotopic (exact) mass is 237 g/mol. The van der Waals surface area contributed by atoms with Gasteiger partial charge in [-0.15, -0.1) is 0 Å². The van der Waals surface area contributed by atoms with Gasteiger partial charge in [0.1, 0.15) is 0 Å². The zero-order valence-electron chi connectivity index (χ0n) is 8.83. The van der Waals surface area contributed by atoms with Gasteiger partial charge in [0.25, 0.3) is 5.56 Å². The molecule has 84 valence electrons. The molecular weight excluding hydrogens is 226 g/mol. The lowest BCUT2D eigenvalue weighted by molar-refractivity contribution is 0.802. The van der Waals surface area contributed by atoms with Crippen LogP contribution in [0.1, 0.15) is 5.56 Å². The van der Waals surface area contributed by atoms with E-state index in [1.807, 2.05) is 12.1 Å². The molecular formula is C11H12ClN3O. The molecule has 0 atom stereocenters. The summed E-state index contributed by atoms with van der Waals surface area (Å²) in [5.41, 5.74) is 1.37. The van der Waals surface area contributed by atoms with Crippen molar-refractivity contribution in [2.45, 2.75) is 6.54 Å². The predicted octanol–water partition coefficient (Wildman–Crippen LogP) is 1.54. The van der Waals surface area contributed by atoms with Crippen LogP contribution in [-0.2, 0) is 6.54 Å². The molecule has 0 amide bonds. The van der Waals surface area contributed by atoms with Gasteiger partial charge in [0.2, 0.25) is 0 Å². The summed E-state index contributed by atoms with van der Waals surface area (Å²) in [5, 5.41) is 6.46. The van der Waals surface area contributed by atoms with Gasteiger partial charge < -0.3 is 5.32 Å². The molecule has 0 aliphatic carbocycles. The third kappa shape index (κ3) is 2.03. The van der Waals surface area contributed by atoms with E-state index < -0.39 is 0 Å². The topological polar surface area (TPSA) is 49.8 Å². The second kappa shape index (κ2) is 4.55. The molecule has 0 radical (unpaired) electrons. The van der Waals surface area contributed by atoms with Crippen LogP contribution in [0.5, 0.6) is 0 Å². The van der Waals surface area contributed by atoms with Crippen LogP contribution in [0.25, 0.3) is 5.69 Å². The zero-order valence-corrected chi connectivity index (χ0v) is 9.58. The fourth-order valence-corrected chi connectivity index (χ4v) is 1.72. The number of halogens is 1. The molecule has 1 heterocycles. The smallest absolute Gasteiger partial charge is 0.275 e. The Balaban J connectivity index is 2.45. The van der Waals surface area contributed by atoms with Crippen LogP contribution in [0.2, 0.25) is 5.02 Å². The molecule has 0 unspecified atom stereocenters. The van der Waals surface area contributed by atoms with Crippen LogP contribution >= 0.6 is 11.6 Å². The van der Waals surface area contributed by atoms with Crippen molar-refractivity contribution in [1.29, 1.82) is 0 Å². The van der Waals surface area contributed by atoms with Crippen molar-refractivity contribution in [3.8, 4) is 5.69 Å². The highest BCUT2D eigenvalue weighted by molar-refractivity contribution is 6.30.